The molecule has 18 heavy (non-hydrogen) atoms. The van der Waals surface area contributed by atoms with E-state index in [2.05, 4.69) is 5.32 Å². The van der Waals surface area contributed by atoms with E-state index >= 15 is 0 Å². The fourth-order valence-electron chi connectivity index (χ4n) is 1.50. The van der Waals surface area contributed by atoms with Gasteiger partial charge in [0.05, 0.1) is 10.6 Å². The molecule has 0 saturated carbocycles. The summed E-state index contributed by atoms with van der Waals surface area (Å²) in [5.41, 5.74) is -0.525. The van der Waals surface area contributed by atoms with E-state index in [4.69, 9.17) is 11.6 Å². The first kappa shape index (κ1) is 14.8. The largest absolute Gasteiger partial charge is 0.506 e. The van der Waals surface area contributed by atoms with Gasteiger partial charge in [0.15, 0.2) is 0 Å². The number of halogens is 1. The summed E-state index contributed by atoms with van der Waals surface area (Å²) in [6.07, 6.45) is 1.14. The van der Waals surface area contributed by atoms with Gasteiger partial charge in [-0.25, -0.2) is 0 Å². The second kappa shape index (κ2) is 6.07. The maximum atomic E-state index is 11.8. The average molecular weight is 272 g/mol. The highest BCUT2D eigenvalue weighted by Crippen LogP contribution is 2.23. The fourth-order valence-corrected chi connectivity index (χ4v) is 1.68. The number of rotatable bonds is 5. The third-order valence-corrected chi connectivity index (χ3v) is 3.41. The molecule has 1 aromatic carbocycles. The number of benzene rings is 1. The summed E-state index contributed by atoms with van der Waals surface area (Å²) in [7, 11) is 0. The fraction of sp³-hybridized carbons (Fsp3) is 0.462. The molecular formula is C13H18ClNO3. The summed E-state index contributed by atoms with van der Waals surface area (Å²) < 4.78 is 0. The molecule has 0 radical (unpaired) electrons. The predicted octanol–water partition coefficient (Wildman–Crippen LogP) is 2.33. The lowest BCUT2D eigenvalue weighted by Gasteiger charge is -2.25. The topological polar surface area (TPSA) is 69.6 Å². The van der Waals surface area contributed by atoms with Gasteiger partial charge in [-0.3, -0.25) is 4.79 Å². The Morgan fingerprint density at radius 1 is 1.39 bits per heavy atom. The Morgan fingerprint density at radius 2 is 2.00 bits per heavy atom. The number of amides is 1. The number of hydrogen-bond donors (Lipinski definition) is 3. The quantitative estimate of drug-likeness (QED) is 0.770. The van der Waals surface area contributed by atoms with Crippen molar-refractivity contribution in [1.29, 1.82) is 0 Å². The minimum absolute atomic E-state index is 0.0631. The van der Waals surface area contributed by atoms with Crippen LogP contribution in [0.3, 0.4) is 0 Å². The van der Waals surface area contributed by atoms with Gasteiger partial charge in [0.25, 0.3) is 5.91 Å². The molecule has 0 heterocycles. The molecule has 0 saturated heterocycles. The first-order valence-corrected chi connectivity index (χ1v) is 6.28. The molecule has 0 aliphatic rings. The number of carbonyl (C=O) groups excluding carboxylic acids is 1. The Morgan fingerprint density at radius 3 is 2.50 bits per heavy atom. The van der Waals surface area contributed by atoms with E-state index in [1.165, 1.54) is 18.2 Å². The van der Waals surface area contributed by atoms with Gasteiger partial charge in [-0.2, -0.15) is 0 Å². The van der Waals surface area contributed by atoms with E-state index in [1.54, 1.807) is 0 Å². The van der Waals surface area contributed by atoms with E-state index in [0.29, 0.717) is 18.4 Å². The van der Waals surface area contributed by atoms with E-state index in [0.717, 1.165) is 0 Å². The molecule has 100 valence electrons. The Kier molecular flexibility index (Phi) is 4.99. The third-order valence-electron chi connectivity index (χ3n) is 3.10. The van der Waals surface area contributed by atoms with Crippen molar-refractivity contribution >= 4 is 17.5 Å². The Balaban J connectivity index is 2.68. The number of nitrogens with one attached hydrogen (secondary N) is 1. The molecule has 0 spiro atoms. The van der Waals surface area contributed by atoms with Gasteiger partial charge >= 0.3 is 0 Å². The van der Waals surface area contributed by atoms with Crippen molar-refractivity contribution in [3.8, 4) is 5.75 Å². The van der Waals surface area contributed by atoms with Crippen molar-refractivity contribution in [2.75, 3.05) is 6.54 Å². The predicted molar refractivity (Wildman–Crippen MR) is 71.0 cm³/mol. The third kappa shape index (κ3) is 3.62. The lowest BCUT2D eigenvalue weighted by Crippen LogP contribution is -2.42. The van der Waals surface area contributed by atoms with Crippen molar-refractivity contribution in [3.05, 3.63) is 28.8 Å². The van der Waals surface area contributed by atoms with Gasteiger partial charge in [-0.1, -0.05) is 25.4 Å². The highest BCUT2D eigenvalue weighted by atomic mass is 35.5. The highest BCUT2D eigenvalue weighted by Gasteiger charge is 2.23. The molecular weight excluding hydrogens is 254 g/mol. The Hall–Kier alpha value is -1.26. The number of phenolic OH excluding ortho intramolecular Hbond substituents is 1. The van der Waals surface area contributed by atoms with Crippen molar-refractivity contribution in [3.63, 3.8) is 0 Å². The maximum absolute atomic E-state index is 11.8. The van der Waals surface area contributed by atoms with Gasteiger partial charge in [-0.15, -0.1) is 0 Å². The van der Waals surface area contributed by atoms with Crippen LogP contribution in [0.5, 0.6) is 5.75 Å². The van der Waals surface area contributed by atoms with Crippen molar-refractivity contribution in [2.45, 2.75) is 32.3 Å². The molecule has 4 nitrogen and oxygen atoms in total. The van der Waals surface area contributed by atoms with Gasteiger partial charge < -0.3 is 15.5 Å². The van der Waals surface area contributed by atoms with Crippen LogP contribution in [-0.4, -0.2) is 28.3 Å². The molecule has 0 aliphatic heterocycles. The summed E-state index contributed by atoms with van der Waals surface area (Å²) in [6.45, 7) is 3.93. The maximum Gasteiger partial charge on any atom is 0.251 e. The second-order valence-electron chi connectivity index (χ2n) is 4.28. The summed E-state index contributed by atoms with van der Waals surface area (Å²) in [5, 5.41) is 22.1. The number of hydrogen-bond acceptors (Lipinski definition) is 3. The number of phenols is 1. The lowest BCUT2D eigenvalue weighted by atomic mass is 9.97. The second-order valence-corrected chi connectivity index (χ2v) is 4.69. The Bertz CT molecular complexity index is 430. The SMILES string of the molecule is CCC(O)(CC)CNC(=O)c1ccc(O)c(Cl)c1. The molecule has 0 atom stereocenters. The minimum atomic E-state index is -0.879. The first-order chi connectivity index (χ1) is 8.41. The van der Waals surface area contributed by atoms with E-state index in [9.17, 15) is 15.0 Å². The summed E-state index contributed by atoms with van der Waals surface area (Å²) in [6, 6.07) is 4.24. The summed E-state index contributed by atoms with van der Waals surface area (Å²) >= 11 is 5.72. The van der Waals surface area contributed by atoms with Crippen LogP contribution in [0.1, 0.15) is 37.0 Å². The zero-order valence-corrected chi connectivity index (χ0v) is 11.3. The van der Waals surface area contributed by atoms with Crippen molar-refractivity contribution in [2.24, 2.45) is 0 Å². The minimum Gasteiger partial charge on any atom is -0.506 e. The van der Waals surface area contributed by atoms with E-state index < -0.39 is 5.60 Å². The molecule has 0 bridgehead atoms. The molecule has 1 aromatic rings. The van der Waals surface area contributed by atoms with Crippen molar-refractivity contribution < 1.29 is 15.0 Å². The van der Waals surface area contributed by atoms with E-state index in [-0.39, 0.29) is 23.2 Å². The molecule has 0 unspecified atom stereocenters. The van der Waals surface area contributed by atoms with Crippen LogP contribution in [0, 0.1) is 0 Å². The first-order valence-electron chi connectivity index (χ1n) is 5.91. The van der Waals surface area contributed by atoms with Crippen LogP contribution in [0.2, 0.25) is 5.02 Å². The highest BCUT2D eigenvalue weighted by molar-refractivity contribution is 6.32. The number of aliphatic hydroxyl groups is 1. The van der Waals surface area contributed by atoms with Gasteiger partial charge in [0, 0.05) is 12.1 Å². The van der Waals surface area contributed by atoms with Gasteiger partial charge in [0.2, 0.25) is 0 Å². The smallest absolute Gasteiger partial charge is 0.251 e. The number of aromatic hydroxyl groups is 1. The van der Waals surface area contributed by atoms with Crippen molar-refractivity contribution in [1.82, 2.24) is 5.32 Å². The van der Waals surface area contributed by atoms with Crippen LogP contribution in [-0.2, 0) is 0 Å². The monoisotopic (exact) mass is 271 g/mol. The van der Waals surface area contributed by atoms with Crippen LogP contribution < -0.4 is 5.32 Å². The molecule has 1 rings (SSSR count). The van der Waals surface area contributed by atoms with Crippen LogP contribution in [0.15, 0.2) is 18.2 Å². The number of carbonyl (C=O) groups is 1. The summed E-state index contributed by atoms with van der Waals surface area (Å²) in [5.74, 6) is -0.385. The van der Waals surface area contributed by atoms with Gasteiger partial charge in [-0.05, 0) is 31.0 Å². The molecule has 3 N–H and O–H groups in total. The Labute approximate surface area is 112 Å². The van der Waals surface area contributed by atoms with E-state index in [1.807, 2.05) is 13.8 Å². The standard InChI is InChI=1S/C13H18ClNO3/c1-3-13(18,4-2)8-15-12(17)9-5-6-11(16)10(14)7-9/h5-7,16,18H,3-4,8H2,1-2H3,(H,15,17). The molecule has 0 aliphatic carbocycles. The van der Waals surface area contributed by atoms with Gasteiger partial charge in [0.1, 0.15) is 5.75 Å². The molecule has 0 fully saturated rings. The van der Waals surface area contributed by atoms with Crippen LogP contribution in [0.4, 0.5) is 0 Å². The zero-order chi connectivity index (χ0) is 13.8. The molecule has 1 amide bonds. The van der Waals surface area contributed by atoms with Crippen LogP contribution in [0.25, 0.3) is 0 Å². The summed E-state index contributed by atoms with van der Waals surface area (Å²) in [4.78, 5) is 11.8. The molecule has 0 aromatic heterocycles. The average Bonchev–Trinajstić information content (AvgIpc) is 2.38. The normalized spacial score (nSPS) is 11.3. The lowest BCUT2D eigenvalue weighted by molar-refractivity contribution is 0.0314. The van der Waals surface area contributed by atoms with Crippen LogP contribution >= 0.6 is 11.6 Å². The molecule has 5 heteroatoms. The zero-order valence-electron chi connectivity index (χ0n) is 10.5.